The van der Waals surface area contributed by atoms with Crippen molar-refractivity contribution in [3.05, 3.63) is 27.4 Å². The quantitative estimate of drug-likeness (QED) is 0.682. The molecule has 1 aromatic heterocycles. The van der Waals surface area contributed by atoms with Gasteiger partial charge in [0.15, 0.2) is 10.3 Å². The minimum Gasteiger partial charge on any atom is -0.381 e. The number of aromatic nitrogens is 2. The van der Waals surface area contributed by atoms with Crippen LogP contribution in [0.5, 0.6) is 0 Å². The predicted octanol–water partition coefficient (Wildman–Crippen LogP) is 3.53. The zero-order chi connectivity index (χ0) is 10.6. The molecule has 0 amide bonds. The van der Waals surface area contributed by atoms with Gasteiger partial charge in [-0.25, -0.2) is 0 Å². The van der Waals surface area contributed by atoms with E-state index < -0.39 is 0 Å². The predicted molar refractivity (Wildman–Crippen MR) is 63.1 cm³/mol. The Morgan fingerprint density at radius 3 is 2.64 bits per heavy atom. The van der Waals surface area contributed by atoms with E-state index in [-0.39, 0.29) is 5.15 Å². The van der Waals surface area contributed by atoms with Crippen LogP contribution in [0.1, 0.15) is 6.42 Å². The number of anilines is 1. The number of rotatable bonds is 4. The van der Waals surface area contributed by atoms with Gasteiger partial charge in [0, 0.05) is 6.54 Å². The van der Waals surface area contributed by atoms with Crippen LogP contribution in [0, 0.1) is 0 Å². The van der Waals surface area contributed by atoms with Crippen LogP contribution < -0.4 is 5.32 Å². The molecule has 0 fully saturated rings. The summed E-state index contributed by atoms with van der Waals surface area (Å²) < 4.78 is 0.628. The van der Waals surface area contributed by atoms with Gasteiger partial charge in [-0.1, -0.05) is 29.3 Å². The minimum atomic E-state index is 0.288. The highest BCUT2D eigenvalue weighted by Crippen LogP contribution is 2.32. The third-order valence-electron chi connectivity index (χ3n) is 1.48. The third-order valence-corrected chi connectivity index (χ3v) is 3.01. The first-order chi connectivity index (χ1) is 6.66. The molecule has 0 unspecified atom stereocenters. The highest BCUT2D eigenvalue weighted by molar-refractivity contribution is 9.10. The highest BCUT2D eigenvalue weighted by atomic mass is 79.9. The number of halogens is 3. The Morgan fingerprint density at radius 2 is 2.00 bits per heavy atom. The molecule has 0 atom stereocenters. The van der Waals surface area contributed by atoms with Crippen LogP contribution in [0.2, 0.25) is 10.3 Å². The average Bonchev–Trinajstić information content (AvgIpc) is 2.18. The fourth-order valence-corrected chi connectivity index (χ4v) is 1.68. The van der Waals surface area contributed by atoms with Crippen molar-refractivity contribution in [2.45, 2.75) is 6.42 Å². The van der Waals surface area contributed by atoms with E-state index >= 15 is 0 Å². The highest BCUT2D eigenvalue weighted by Gasteiger charge is 2.10. The topological polar surface area (TPSA) is 37.8 Å². The molecule has 1 heterocycles. The molecule has 1 rings (SSSR count). The Labute approximate surface area is 101 Å². The van der Waals surface area contributed by atoms with Crippen molar-refractivity contribution in [1.29, 1.82) is 0 Å². The minimum absolute atomic E-state index is 0.288. The van der Waals surface area contributed by atoms with Gasteiger partial charge < -0.3 is 5.32 Å². The monoisotopic (exact) mass is 295 g/mol. The second-order valence-electron chi connectivity index (χ2n) is 2.47. The van der Waals surface area contributed by atoms with Crippen LogP contribution in [-0.4, -0.2) is 16.7 Å². The summed E-state index contributed by atoms with van der Waals surface area (Å²) in [5.41, 5.74) is 0.661. The molecule has 6 heteroatoms. The molecule has 0 spiro atoms. The lowest BCUT2D eigenvalue weighted by Crippen LogP contribution is -2.03. The lowest BCUT2D eigenvalue weighted by atomic mass is 10.4. The molecule has 1 N–H and O–H groups in total. The Balaban J connectivity index is 2.83. The van der Waals surface area contributed by atoms with Crippen LogP contribution in [-0.2, 0) is 0 Å². The van der Waals surface area contributed by atoms with E-state index in [1.54, 1.807) is 0 Å². The van der Waals surface area contributed by atoms with Crippen molar-refractivity contribution in [3.8, 4) is 0 Å². The van der Waals surface area contributed by atoms with Crippen molar-refractivity contribution in [3.63, 3.8) is 0 Å². The largest absolute Gasteiger partial charge is 0.381 e. The Hall–Kier alpha value is -0.320. The Morgan fingerprint density at radius 1 is 1.36 bits per heavy atom. The van der Waals surface area contributed by atoms with Crippen LogP contribution >= 0.6 is 39.1 Å². The third kappa shape index (κ3) is 2.83. The second-order valence-corrected chi connectivity index (χ2v) is 3.98. The van der Waals surface area contributed by atoms with Gasteiger partial charge in [-0.15, -0.1) is 16.8 Å². The molecular weight excluding hydrogens is 289 g/mol. The van der Waals surface area contributed by atoms with E-state index in [9.17, 15) is 0 Å². The molecule has 0 saturated heterocycles. The zero-order valence-electron chi connectivity index (χ0n) is 7.23. The van der Waals surface area contributed by atoms with E-state index in [1.807, 2.05) is 6.08 Å². The van der Waals surface area contributed by atoms with Crippen LogP contribution in [0.3, 0.4) is 0 Å². The maximum absolute atomic E-state index is 5.83. The maximum Gasteiger partial charge on any atom is 0.176 e. The molecule has 0 aliphatic heterocycles. The lowest BCUT2D eigenvalue weighted by molar-refractivity contribution is 1.00. The van der Waals surface area contributed by atoms with Crippen LogP contribution in [0.25, 0.3) is 0 Å². The normalized spacial score (nSPS) is 9.93. The van der Waals surface area contributed by atoms with Gasteiger partial charge in [0.25, 0.3) is 0 Å². The summed E-state index contributed by atoms with van der Waals surface area (Å²) in [6.07, 6.45) is 2.65. The van der Waals surface area contributed by atoms with Crippen molar-refractivity contribution in [1.82, 2.24) is 10.2 Å². The number of hydrogen-bond donors (Lipinski definition) is 1. The summed E-state index contributed by atoms with van der Waals surface area (Å²) in [5, 5.41) is 11.0. The van der Waals surface area contributed by atoms with Crippen molar-refractivity contribution in [2.24, 2.45) is 0 Å². The number of hydrogen-bond acceptors (Lipinski definition) is 3. The van der Waals surface area contributed by atoms with Gasteiger partial charge in [-0.3, -0.25) is 0 Å². The summed E-state index contributed by atoms with van der Waals surface area (Å²) >= 11 is 14.9. The first-order valence-corrected chi connectivity index (χ1v) is 5.43. The molecule has 0 aliphatic rings. The SMILES string of the molecule is C=CCCNc1c(Cl)nnc(Cl)c1Br. The number of nitrogens with zero attached hydrogens (tertiary/aromatic N) is 2. The summed E-state index contributed by atoms with van der Waals surface area (Å²) in [5.74, 6) is 0. The fraction of sp³-hybridized carbons (Fsp3) is 0.250. The molecule has 0 saturated carbocycles. The summed E-state index contributed by atoms with van der Waals surface area (Å²) in [6, 6.07) is 0. The molecule has 3 nitrogen and oxygen atoms in total. The van der Waals surface area contributed by atoms with Crippen molar-refractivity contribution < 1.29 is 0 Å². The standard InChI is InChI=1S/C8H8BrCl2N3/c1-2-3-4-12-6-5(9)7(10)13-14-8(6)11/h2H,1,3-4H2,(H,12,13). The molecule has 0 bridgehead atoms. The van der Waals surface area contributed by atoms with Gasteiger partial charge in [0.2, 0.25) is 0 Å². The number of nitrogens with one attached hydrogen (secondary N) is 1. The van der Waals surface area contributed by atoms with Crippen molar-refractivity contribution in [2.75, 3.05) is 11.9 Å². The molecule has 14 heavy (non-hydrogen) atoms. The Kier molecular flexibility index (Phi) is 4.65. The van der Waals surface area contributed by atoms with E-state index in [1.165, 1.54) is 0 Å². The smallest absolute Gasteiger partial charge is 0.176 e. The average molecular weight is 297 g/mol. The van der Waals surface area contributed by atoms with Gasteiger partial charge >= 0.3 is 0 Å². The molecule has 1 aromatic rings. The second kappa shape index (κ2) is 5.53. The summed E-state index contributed by atoms with van der Waals surface area (Å²) in [4.78, 5) is 0. The summed E-state index contributed by atoms with van der Waals surface area (Å²) in [7, 11) is 0. The Bertz CT molecular complexity index is 344. The van der Waals surface area contributed by atoms with Gasteiger partial charge in [0.05, 0.1) is 10.2 Å². The maximum atomic E-state index is 5.83. The molecule has 0 aromatic carbocycles. The van der Waals surface area contributed by atoms with Gasteiger partial charge in [0.1, 0.15) is 0 Å². The first-order valence-electron chi connectivity index (χ1n) is 3.88. The first kappa shape index (κ1) is 11.8. The lowest BCUT2D eigenvalue weighted by Gasteiger charge is -2.08. The van der Waals surface area contributed by atoms with Gasteiger partial charge in [-0.05, 0) is 22.4 Å². The fourth-order valence-electron chi connectivity index (χ4n) is 0.825. The summed E-state index contributed by atoms with van der Waals surface area (Å²) in [6.45, 7) is 4.34. The van der Waals surface area contributed by atoms with E-state index in [0.717, 1.165) is 13.0 Å². The zero-order valence-corrected chi connectivity index (χ0v) is 10.3. The molecule has 0 aliphatic carbocycles. The van der Waals surface area contributed by atoms with Crippen LogP contribution in [0.15, 0.2) is 17.1 Å². The molecule has 76 valence electrons. The van der Waals surface area contributed by atoms with Crippen molar-refractivity contribution >= 4 is 44.8 Å². The van der Waals surface area contributed by atoms with E-state index in [0.29, 0.717) is 15.3 Å². The van der Waals surface area contributed by atoms with E-state index in [2.05, 4.69) is 38.0 Å². The molecule has 0 radical (unpaired) electrons. The van der Waals surface area contributed by atoms with Gasteiger partial charge in [-0.2, -0.15) is 0 Å². The van der Waals surface area contributed by atoms with Crippen LogP contribution in [0.4, 0.5) is 5.69 Å². The molecular formula is C8H8BrCl2N3. The van der Waals surface area contributed by atoms with E-state index in [4.69, 9.17) is 23.2 Å².